The summed E-state index contributed by atoms with van der Waals surface area (Å²) in [5.41, 5.74) is -0.421. The number of hydrogen-bond acceptors (Lipinski definition) is 4. The van der Waals surface area contributed by atoms with Crippen LogP contribution in [0.15, 0.2) is 39.9 Å². The zero-order chi connectivity index (χ0) is 11.5. The summed E-state index contributed by atoms with van der Waals surface area (Å²) in [5.74, 6) is -0.589. The van der Waals surface area contributed by atoms with Gasteiger partial charge in [0.2, 0.25) is 0 Å². The van der Waals surface area contributed by atoms with Gasteiger partial charge in [-0.2, -0.15) is 0 Å². The van der Waals surface area contributed by atoms with E-state index < -0.39 is 11.5 Å². The van der Waals surface area contributed by atoms with Crippen LogP contribution in [0.1, 0.15) is 16.1 Å². The summed E-state index contributed by atoms with van der Waals surface area (Å²) in [4.78, 5) is 22.1. The van der Waals surface area contributed by atoms with Crippen molar-refractivity contribution in [2.45, 2.75) is 6.54 Å². The molecule has 2 aromatic heterocycles. The largest absolute Gasteiger partial charge is 0.478 e. The first-order chi connectivity index (χ1) is 7.66. The maximum atomic E-state index is 11.5. The van der Waals surface area contributed by atoms with Crippen LogP contribution in [0.2, 0.25) is 0 Å². The minimum absolute atomic E-state index is 0.0289. The fourth-order valence-electron chi connectivity index (χ4n) is 1.26. The summed E-state index contributed by atoms with van der Waals surface area (Å²) in [5, 5.41) is 12.2. The van der Waals surface area contributed by atoms with Crippen molar-refractivity contribution in [1.29, 1.82) is 0 Å². The van der Waals surface area contributed by atoms with Gasteiger partial charge in [0.05, 0.1) is 18.3 Å². The molecule has 0 saturated carbocycles. The SMILES string of the molecule is O=C(O)c1ccn(Cc2ccno2)c(=O)c1. The van der Waals surface area contributed by atoms with E-state index in [1.807, 2.05) is 0 Å². The van der Waals surface area contributed by atoms with Crippen molar-refractivity contribution >= 4 is 5.97 Å². The number of pyridine rings is 1. The van der Waals surface area contributed by atoms with Crippen molar-refractivity contribution in [2.75, 3.05) is 0 Å². The van der Waals surface area contributed by atoms with Gasteiger partial charge in [-0.25, -0.2) is 4.79 Å². The number of rotatable bonds is 3. The first-order valence-corrected chi connectivity index (χ1v) is 4.50. The minimum atomic E-state index is -1.12. The molecule has 6 heteroatoms. The fourth-order valence-corrected chi connectivity index (χ4v) is 1.26. The molecule has 0 aliphatic heterocycles. The van der Waals surface area contributed by atoms with Crippen molar-refractivity contribution in [1.82, 2.24) is 9.72 Å². The monoisotopic (exact) mass is 220 g/mol. The third-order valence-corrected chi connectivity index (χ3v) is 2.06. The van der Waals surface area contributed by atoms with Gasteiger partial charge >= 0.3 is 5.97 Å². The molecule has 2 heterocycles. The average Bonchev–Trinajstić information content (AvgIpc) is 2.73. The molecule has 2 aromatic rings. The van der Waals surface area contributed by atoms with E-state index in [9.17, 15) is 9.59 Å². The molecule has 0 saturated heterocycles. The third kappa shape index (κ3) is 2.00. The van der Waals surface area contributed by atoms with Crippen molar-refractivity contribution in [3.05, 3.63) is 52.3 Å². The van der Waals surface area contributed by atoms with Gasteiger partial charge in [-0.1, -0.05) is 5.16 Å². The molecule has 0 aromatic carbocycles. The highest BCUT2D eigenvalue weighted by Crippen LogP contribution is 2.00. The number of carboxylic acid groups (broad SMARTS) is 1. The summed E-state index contributed by atoms with van der Waals surface area (Å²) >= 11 is 0. The van der Waals surface area contributed by atoms with Gasteiger partial charge in [-0.15, -0.1) is 0 Å². The van der Waals surface area contributed by atoms with E-state index >= 15 is 0 Å². The normalized spacial score (nSPS) is 10.2. The topological polar surface area (TPSA) is 85.3 Å². The van der Waals surface area contributed by atoms with E-state index in [2.05, 4.69) is 5.16 Å². The molecular formula is C10H8N2O4. The van der Waals surface area contributed by atoms with Crippen LogP contribution in [-0.4, -0.2) is 20.8 Å². The summed E-state index contributed by atoms with van der Waals surface area (Å²) in [6.45, 7) is 0.235. The van der Waals surface area contributed by atoms with Gasteiger partial charge in [0.25, 0.3) is 5.56 Å². The maximum Gasteiger partial charge on any atom is 0.335 e. The van der Waals surface area contributed by atoms with Gasteiger partial charge in [-0.3, -0.25) is 4.79 Å². The summed E-state index contributed by atoms with van der Waals surface area (Å²) in [6, 6.07) is 4.07. The molecule has 0 radical (unpaired) electrons. The summed E-state index contributed by atoms with van der Waals surface area (Å²) in [6.07, 6.45) is 2.89. The number of carboxylic acids is 1. The zero-order valence-corrected chi connectivity index (χ0v) is 8.16. The molecule has 1 N–H and O–H groups in total. The quantitative estimate of drug-likeness (QED) is 0.817. The first kappa shape index (κ1) is 10.2. The van der Waals surface area contributed by atoms with Gasteiger partial charge in [-0.05, 0) is 6.07 Å². The molecule has 0 amide bonds. The first-order valence-electron chi connectivity index (χ1n) is 4.50. The van der Waals surface area contributed by atoms with Crippen LogP contribution in [0.3, 0.4) is 0 Å². The lowest BCUT2D eigenvalue weighted by molar-refractivity contribution is 0.0696. The third-order valence-electron chi connectivity index (χ3n) is 2.06. The standard InChI is InChI=1S/C10H8N2O4/c13-9-5-7(10(14)15)2-4-12(9)6-8-1-3-11-16-8/h1-5H,6H2,(H,14,15). The maximum absolute atomic E-state index is 11.5. The molecule has 0 aliphatic carbocycles. The van der Waals surface area contributed by atoms with Crippen LogP contribution in [0.5, 0.6) is 0 Å². The molecule has 0 unspecified atom stereocenters. The lowest BCUT2D eigenvalue weighted by Crippen LogP contribution is -2.20. The van der Waals surface area contributed by atoms with Crippen molar-refractivity contribution in [3.8, 4) is 0 Å². The van der Waals surface area contributed by atoms with Crippen LogP contribution < -0.4 is 5.56 Å². The lowest BCUT2D eigenvalue weighted by atomic mass is 10.2. The number of nitrogens with zero attached hydrogens (tertiary/aromatic N) is 2. The summed E-state index contributed by atoms with van der Waals surface area (Å²) < 4.78 is 6.18. The Balaban J connectivity index is 2.30. The number of aromatic nitrogens is 2. The highest BCUT2D eigenvalue weighted by Gasteiger charge is 2.06. The second-order valence-electron chi connectivity index (χ2n) is 3.17. The molecule has 0 spiro atoms. The van der Waals surface area contributed by atoms with Gasteiger partial charge in [0.15, 0.2) is 5.76 Å². The molecule has 6 nitrogen and oxygen atoms in total. The van der Waals surface area contributed by atoms with Crippen molar-refractivity contribution < 1.29 is 14.4 Å². The average molecular weight is 220 g/mol. The van der Waals surface area contributed by atoms with E-state index in [1.54, 1.807) is 6.07 Å². The van der Waals surface area contributed by atoms with Crippen molar-refractivity contribution in [2.24, 2.45) is 0 Å². The zero-order valence-electron chi connectivity index (χ0n) is 8.16. The van der Waals surface area contributed by atoms with Crippen molar-refractivity contribution in [3.63, 3.8) is 0 Å². The fraction of sp³-hybridized carbons (Fsp3) is 0.100. The van der Waals surface area contributed by atoms with Crippen LogP contribution >= 0.6 is 0 Å². The van der Waals surface area contributed by atoms with Crippen LogP contribution in [0.25, 0.3) is 0 Å². The van der Waals surface area contributed by atoms with E-state index in [1.165, 1.54) is 23.0 Å². The van der Waals surface area contributed by atoms with Gasteiger partial charge < -0.3 is 14.2 Å². The highest BCUT2D eigenvalue weighted by molar-refractivity contribution is 5.87. The second kappa shape index (κ2) is 4.01. The summed E-state index contributed by atoms with van der Waals surface area (Å²) in [7, 11) is 0. The number of hydrogen-bond donors (Lipinski definition) is 1. The Morgan fingerprint density at radius 1 is 1.50 bits per heavy atom. The van der Waals surface area contributed by atoms with E-state index in [4.69, 9.17) is 9.63 Å². The number of carbonyl (C=O) groups is 1. The lowest BCUT2D eigenvalue weighted by Gasteiger charge is -2.02. The second-order valence-corrected chi connectivity index (χ2v) is 3.17. The molecule has 0 atom stereocenters. The molecule has 0 bridgehead atoms. The van der Waals surface area contributed by atoms with Crippen LogP contribution in [-0.2, 0) is 6.54 Å². The van der Waals surface area contributed by atoms with E-state index in [-0.39, 0.29) is 12.1 Å². The molecule has 82 valence electrons. The van der Waals surface area contributed by atoms with E-state index in [0.717, 1.165) is 6.07 Å². The Hall–Kier alpha value is -2.37. The Morgan fingerprint density at radius 2 is 2.31 bits per heavy atom. The van der Waals surface area contributed by atoms with Crippen LogP contribution in [0, 0.1) is 0 Å². The Morgan fingerprint density at radius 3 is 2.88 bits per heavy atom. The van der Waals surface area contributed by atoms with E-state index in [0.29, 0.717) is 5.76 Å². The predicted octanol–water partition coefficient (Wildman–Crippen LogP) is 0.583. The highest BCUT2D eigenvalue weighted by atomic mass is 16.5. The minimum Gasteiger partial charge on any atom is -0.478 e. The molecule has 2 rings (SSSR count). The Labute approximate surface area is 89.7 Å². The number of aromatic carboxylic acids is 1. The molecule has 16 heavy (non-hydrogen) atoms. The molecule has 0 aliphatic rings. The Bertz CT molecular complexity index is 556. The molecular weight excluding hydrogens is 212 g/mol. The van der Waals surface area contributed by atoms with Gasteiger partial charge in [0, 0.05) is 18.3 Å². The van der Waals surface area contributed by atoms with Crippen LogP contribution in [0.4, 0.5) is 0 Å². The predicted molar refractivity (Wildman–Crippen MR) is 53.3 cm³/mol. The Kier molecular flexibility index (Phi) is 2.55. The molecule has 0 fully saturated rings. The smallest absolute Gasteiger partial charge is 0.335 e. The van der Waals surface area contributed by atoms with Gasteiger partial charge in [0.1, 0.15) is 0 Å².